The first-order valence-electron chi connectivity index (χ1n) is 8.66. The molecular formula is C19H19F2N3O3S. The molecule has 1 heterocycles. The standard InChI is InChI=1S/C19H19F2N3O3S/c1-12(6-7-13-8-9-15(20)16(21)10-13)23-18(25)11-22-19-14-4-2-3-5-17(14)28(26,27)24-19/h2-5,8-10,12H,6-7,11H2,1H3,(H,22,24)(H,23,25). The third-order valence-corrected chi connectivity index (χ3v) is 5.70. The van der Waals surface area contributed by atoms with Crippen molar-refractivity contribution >= 4 is 21.8 Å². The summed E-state index contributed by atoms with van der Waals surface area (Å²) in [7, 11) is -3.64. The molecule has 1 atom stereocenters. The number of hydrogen-bond donors (Lipinski definition) is 2. The van der Waals surface area contributed by atoms with E-state index >= 15 is 0 Å². The fraction of sp³-hybridized carbons (Fsp3) is 0.263. The summed E-state index contributed by atoms with van der Waals surface area (Å²) in [5.74, 6) is -2.02. The van der Waals surface area contributed by atoms with E-state index in [2.05, 4.69) is 15.0 Å². The van der Waals surface area contributed by atoms with Crippen molar-refractivity contribution in [2.24, 2.45) is 4.99 Å². The van der Waals surface area contributed by atoms with Crippen LogP contribution in [0.3, 0.4) is 0 Å². The molecule has 0 bridgehead atoms. The Balaban J connectivity index is 1.54. The first-order valence-corrected chi connectivity index (χ1v) is 10.1. The number of carbonyl (C=O) groups is 1. The maximum Gasteiger partial charge on any atom is 0.263 e. The molecule has 1 amide bonds. The zero-order valence-electron chi connectivity index (χ0n) is 15.1. The van der Waals surface area contributed by atoms with Crippen molar-refractivity contribution in [3.05, 3.63) is 65.2 Å². The fourth-order valence-corrected chi connectivity index (χ4v) is 4.12. The van der Waals surface area contributed by atoms with Crippen LogP contribution in [0.2, 0.25) is 0 Å². The van der Waals surface area contributed by atoms with Crippen LogP contribution in [0, 0.1) is 11.6 Å². The highest BCUT2D eigenvalue weighted by molar-refractivity contribution is 7.90. The number of rotatable bonds is 6. The van der Waals surface area contributed by atoms with Crippen LogP contribution in [0.4, 0.5) is 8.78 Å². The SMILES string of the molecule is CC(CCc1ccc(F)c(F)c1)NC(=O)CN=C1NS(=O)(=O)c2ccccc21. The van der Waals surface area contributed by atoms with Gasteiger partial charge in [-0.2, -0.15) is 0 Å². The normalized spacial score (nSPS) is 17.0. The van der Waals surface area contributed by atoms with Crippen molar-refractivity contribution in [2.75, 3.05) is 6.54 Å². The number of carbonyl (C=O) groups excluding carboxylic acids is 1. The molecule has 2 N–H and O–H groups in total. The molecular weight excluding hydrogens is 388 g/mol. The lowest BCUT2D eigenvalue weighted by Crippen LogP contribution is -2.35. The van der Waals surface area contributed by atoms with Gasteiger partial charge in [0.05, 0.1) is 4.90 Å². The van der Waals surface area contributed by atoms with E-state index in [1.54, 1.807) is 25.1 Å². The average molecular weight is 407 g/mol. The predicted molar refractivity (Wildman–Crippen MR) is 100 cm³/mol. The molecule has 148 valence electrons. The van der Waals surface area contributed by atoms with Gasteiger partial charge in [-0.3, -0.25) is 14.5 Å². The minimum absolute atomic E-state index is 0.133. The zero-order valence-corrected chi connectivity index (χ0v) is 15.9. The van der Waals surface area contributed by atoms with E-state index in [0.717, 1.165) is 12.1 Å². The summed E-state index contributed by atoms with van der Waals surface area (Å²) in [4.78, 5) is 16.3. The van der Waals surface area contributed by atoms with Gasteiger partial charge in [0.15, 0.2) is 11.6 Å². The number of benzene rings is 2. The van der Waals surface area contributed by atoms with Crippen LogP contribution in [0.5, 0.6) is 0 Å². The highest BCUT2D eigenvalue weighted by Gasteiger charge is 2.30. The molecule has 0 aromatic heterocycles. The first-order chi connectivity index (χ1) is 13.3. The molecule has 1 aliphatic heterocycles. The minimum Gasteiger partial charge on any atom is -0.352 e. The minimum atomic E-state index is -3.64. The largest absolute Gasteiger partial charge is 0.352 e. The molecule has 0 spiro atoms. The smallest absolute Gasteiger partial charge is 0.263 e. The number of aryl methyl sites for hydroxylation is 1. The Labute approximate surface area is 161 Å². The van der Waals surface area contributed by atoms with Gasteiger partial charge < -0.3 is 5.32 Å². The van der Waals surface area contributed by atoms with Gasteiger partial charge in [-0.25, -0.2) is 17.2 Å². The third-order valence-electron chi connectivity index (χ3n) is 4.30. The number of aliphatic imine (C=N–C) groups is 1. The predicted octanol–water partition coefficient (Wildman–Crippen LogP) is 2.14. The quantitative estimate of drug-likeness (QED) is 0.769. The summed E-state index contributed by atoms with van der Waals surface area (Å²) in [6.45, 7) is 1.56. The van der Waals surface area contributed by atoms with Crippen LogP contribution in [0.25, 0.3) is 0 Å². The number of sulfonamides is 1. The van der Waals surface area contributed by atoms with Gasteiger partial charge in [-0.1, -0.05) is 18.2 Å². The second-order valence-corrected chi connectivity index (χ2v) is 8.17. The molecule has 1 aliphatic rings. The van der Waals surface area contributed by atoms with Gasteiger partial charge >= 0.3 is 0 Å². The van der Waals surface area contributed by atoms with Crippen LogP contribution in [-0.4, -0.2) is 32.7 Å². The number of nitrogens with one attached hydrogen (secondary N) is 2. The van der Waals surface area contributed by atoms with E-state index in [0.29, 0.717) is 24.0 Å². The van der Waals surface area contributed by atoms with Crippen molar-refractivity contribution in [2.45, 2.75) is 30.7 Å². The lowest BCUT2D eigenvalue weighted by atomic mass is 10.1. The summed E-state index contributed by atoms with van der Waals surface area (Å²) in [5.41, 5.74) is 1.07. The Morgan fingerprint density at radius 3 is 2.68 bits per heavy atom. The second-order valence-electron chi connectivity index (χ2n) is 6.52. The number of amides is 1. The van der Waals surface area contributed by atoms with Crippen LogP contribution in [0.1, 0.15) is 24.5 Å². The lowest BCUT2D eigenvalue weighted by Gasteiger charge is -2.13. The molecule has 0 aliphatic carbocycles. The summed E-state index contributed by atoms with van der Waals surface area (Å²) in [6.07, 6.45) is 1.00. The molecule has 2 aromatic carbocycles. The molecule has 0 fully saturated rings. The Kier molecular flexibility index (Phi) is 5.73. The van der Waals surface area contributed by atoms with Crippen molar-refractivity contribution in [3.8, 4) is 0 Å². The van der Waals surface area contributed by atoms with E-state index < -0.39 is 21.7 Å². The molecule has 28 heavy (non-hydrogen) atoms. The van der Waals surface area contributed by atoms with Crippen LogP contribution < -0.4 is 10.0 Å². The number of halogens is 2. The Morgan fingerprint density at radius 2 is 1.93 bits per heavy atom. The van der Waals surface area contributed by atoms with Crippen molar-refractivity contribution in [1.29, 1.82) is 0 Å². The van der Waals surface area contributed by atoms with Gasteiger partial charge in [0.1, 0.15) is 12.4 Å². The summed E-state index contributed by atoms with van der Waals surface area (Å²) < 4.78 is 52.5. The van der Waals surface area contributed by atoms with Crippen molar-refractivity contribution in [3.63, 3.8) is 0 Å². The maximum atomic E-state index is 13.2. The Bertz CT molecular complexity index is 1040. The van der Waals surface area contributed by atoms with Crippen LogP contribution >= 0.6 is 0 Å². The number of hydrogen-bond acceptors (Lipinski definition) is 4. The van der Waals surface area contributed by atoms with E-state index in [4.69, 9.17) is 0 Å². The first kappa shape index (κ1) is 19.9. The monoisotopic (exact) mass is 407 g/mol. The molecule has 9 heteroatoms. The van der Waals surface area contributed by atoms with Gasteiger partial charge in [0, 0.05) is 11.6 Å². The van der Waals surface area contributed by atoms with E-state index in [1.807, 2.05) is 0 Å². The Hall–Kier alpha value is -2.81. The van der Waals surface area contributed by atoms with Gasteiger partial charge in [-0.05, 0) is 49.6 Å². The van der Waals surface area contributed by atoms with Gasteiger partial charge in [-0.15, -0.1) is 0 Å². The van der Waals surface area contributed by atoms with Crippen molar-refractivity contribution < 1.29 is 22.0 Å². The fourth-order valence-electron chi connectivity index (χ4n) is 2.87. The molecule has 0 saturated heterocycles. The highest BCUT2D eigenvalue weighted by Crippen LogP contribution is 2.22. The highest BCUT2D eigenvalue weighted by atomic mass is 32.2. The molecule has 0 saturated carbocycles. The molecule has 0 radical (unpaired) electrons. The van der Waals surface area contributed by atoms with Gasteiger partial charge in [0.25, 0.3) is 10.0 Å². The molecule has 2 aromatic rings. The molecule has 6 nitrogen and oxygen atoms in total. The zero-order chi connectivity index (χ0) is 20.3. The Morgan fingerprint density at radius 1 is 1.18 bits per heavy atom. The lowest BCUT2D eigenvalue weighted by molar-refractivity contribution is -0.120. The van der Waals surface area contributed by atoms with E-state index in [9.17, 15) is 22.0 Å². The second kappa shape index (κ2) is 8.05. The number of nitrogens with zero attached hydrogens (tertiary/aromatic N) is 1. The van der Waals surface area contributed by atoms with E-state index in [-0.39, 0.29) is 29.2 Å². The molecule has 3 rings (SSSR count). The number of amidine groups is 1. The number of fused-ring (bicyclic) bond motifs is 1. The summed E-state index contributed by atoms with van der Waals surface area (Å²) >= 11 is 0. The summed E-state index contributed by atoms with van der Waals surface area (Å²) in [6, 6.07) is 9.90. The maximum absolute atomic E-state index is 13.2. The topological polar surface area (TPSA) is 87.6 Å². The van der Waals surface area contributed by atoms with E-state index in [1.165, 1.54) is 12.1 Å². The van der Waals surface area contributed by atoms with Gasteiger partial charge in [0.2, 0.25) is 5.91 Å². The van der Waals surface area contributed by atoms with Crippen LogP contribution in [0.15, 0.2) is 52.4 Å². The average Bonchev–Trinajstić information content (AvgIpc) is 2.92. The third kappa shape index (κ3) is 4.53. The van der Waals surface area contributed by atoms with Crippen molar-refractivity contribution in [1.82, 2.24) is 10.0 Å². The summed E-state index contributed by atoms with van der Waals surface area (Å²) in [5, 5.41) is 2.75. The molecule has 1 unspecified atom stereocenters. The van der Waals surface area contributed by atoms with Crippen LogP contribution in [-0.2, 0) is 21.2 Å².